The van der Waals surface area contributed by atoms with Crippen molar-refractivity contribution in [3.63, 3.8) is 0 Å². The summed E-state index contributed by atoms with van der Waals surface area (Å²) in [5.41, 5.74) is 1.03. The molecular weight excluding hydrogens is 454 g/mol. The molecule has 2 aromatic carbocycles. The Morgan fingerprint density at radius 1 is 1.22 bits per heavy atom. The minimum atomic E-state index is -3.66. The molecule has 168 valence electrons. The van der Waals surface area contributed by atoms with Gasteiger partial charge in [0.1, 0.15) is 0 Å². The summed E-state index contributed by atoms with van der Waals surface area (Å²) in [5.74, 6) is 0.906. The topological polar surface area (TPSA) is 107 Å². The van der Waals surface area contributed by atoms with E-state index in [0.717, 1.165) is 17.5 Å². The summed E-state index contributed by atoms with van der Waals surface area (Å²) in [5, 5.41) is 3.19. The van der Waals surface area contributed by atoms with Crippen LogP contribution in [-0.2, 0) is 14.8 Å². The molecule has 2 aliphatic heterocycles. The summed E-state index contributed by atoms with van der Waals surface area (Å²) in [6.45, 7) is 1.16. The van der Waals surface area contributed by atoms with Crippen molar-refractivity contribution in [2.24, 2.45) is 0 Å². The molecule has 3 heterocycles. The van der Waals surface area contributed by atoms with Gasteiger partial charge in [-0.15, -0.1) is 0 Å². The number of aromatic nitrogens is 1. The number of carbonyl (C=O) groups excluding carboxylic acids is 1. The molecule has 1 amide bonds. The highest BCUT2D eigenvalue weighted by molar-refractivity contribution is 7.89. The molecule has 32 heavy (non-hydrogen) atoms. The molecule has 2 aliphatic rings. The molecule has 0 spiro atoms. The molecule has 1 saturated heterocycles. The minimum absolute atomic E-state index is 0.0760. The van der Waals surface area contributed by atoms with Crippen LogP contribution in [0, 0.1) is 0 Å². The maximum absolute atomic E-state index is 12.8. The van der Waals surface area contributed by atoms with E-state index in [1.807, 2.05) is 6.07 Å². The molecule has 5 rings (SSSR count). The van der Waals surface area contributed by atoms with Crippen molar-refractivity contribution >= 4 is 42.6 Å². The minimum Gasteiger partial charge on any atom is -0.454 e. The fraction of sp³-hybridized carbons (Fsp3) is 0.333. The number of anilines is 1. The Morgan fingerprint density at radius 3 is 2.69 bits per heavy atom. The van der Waals surface area contributed by atoms with E-state index >= 15 is 0 Å². The predicted octanol–water partition coefficient (Wildman–Crippen LogP) is 3.08. The molecule has 0 radical (unpaired) electrons. The Hall–Kier alpha value is -2.73. The summed E-state index contributed by atoms with van der Waals surface area (Å²) < 4.78 is 44.0. The quantitative estimate of drug-likeness (QED) is 0.584. The lowest BCUT2D eigenvalue weighted by molar-refractivity contribution is 0.0979. The normalized spacial score (nSPS) is 17.9. The smallest absolute Gasteiger partial charge is 0.257 e. The first-order valence-corrected chi connectivity index (χ1v) is 12.4. The second-order valence-corrected chi connectivity index (χ2v) is 10.7. The van der Waals surface area contributed by atoms with Gasteiger partial charge in [0, 0.05) is 37.9 Å². The van der Waals surface area contributed by atoms with E-state index in [1.165, 1.54) is 47.0 Å². The van der Waals surface area contributed by atoms with Crippen LogP contribution in [0.1, 0.15) is 23.2 Å². The Balaban J connectivity index is 1.28. The zero-order valence-electron chi connectivity index (χ0n) is 17.2. The van der Waals surface area contributed by atoms with Crippen LogP contribution in [0.2, 0.25) is 0 Å². The van der Waals surface area contributed by atoms with Crippen molar-refractivity contribution in [2.45, 2.75) is 23.8 Å². The lowest BCUT2D eigenvalue weighted by Crippen LogP contribution is -2.34. The number of hydrogen-bond donors (Lipinski definition) is 1. The Morgan fingerprint density at radius 2 is 1.97 bits per heavy atom. The van der Waals surface area contributed by atoms with Crippen LogP contribution in [0.15, 0.2) is 41.3 Å². The summed E-state index contributed by atoms with van der Waals surface area (Å²) in [4.78, 5) is 17.2. The maximum atomic E-state index is 12.8. The number of fused-ring (bicyclic) bond motifs is 2. The van der Waals surface area contributed by atoms with E-state index in [2.05, 4.69) is 10.3 Å². The zero-order chi connectivity index (χ0) is 22.3. The molecular formula is C21H21N3O6S2. The first kappa shape index (κ1) is 21.1. The lowest BCUT2D eigenvalue weighted by Gasteiger charge is -2.20. The maximum Gasteiger partial charge on any atom is 0.257 e. The van der Waals surface area contributed by atoms with Gasteiger partial charge in [-0.25, -0.2) is 13.4 Å². The molecule has 9 nitrogen and oxygen atoms in total. The van der Waals surface area contributed by atoms with Crippen LogP contribution in [0.4, 0.5) is 5.13 Å². The monoisotopic (exact) mass is 475 g/mol. The van der Waals surface area contributed by atoms with Crippen molar-refractivity contribution in [2.75, 3.05) is 32.3 Å². The number of rotatable bonds is 6. The summed E-state index contributed by atoms with van der Waals surface area (Å²) >= 11 is 1.32. The third-order valence-corrected chi connectivity index (χ3v) is 8.18. The molecule has 3 aromatic rings. The first-order chi connectivity index (χ1) is 15.4. The van der Waals surface area contributed by atoms with Gasteiger partial charge < -0.3 is 14.2 Å². The molecule has 0 unspecified atom stereocenters. The van der Waals surface area contributed by atoms with Gasteiger partial charge in [-0.1, -0.05) is 11.3 Å². The van der Waals surface area contributed by atoms with Crippen LogP contribution in [0.3, 0.4) is 0 Å². The standard InChI is InChI=1S/C21H21N3O6S2/c1-24(11-14-3-2-8-28-14)32(26,27)15-6-4-13(5-7-15)20(25)23-21-22-16-9-17-18(30-12-29-17)10-19(16)31-21/h4-7,9-10,14H,2-3,8,11-12H2,1H3,(H,22,23,25)/t14-/m1/s1. The zero-order valence-corrected chi connectivity index (χ0v) is 18.9. The SMILES string of the molecule is CN(C[C@H]1CCCO1)S(=O)(=O)c1ccc(C(=O)Nc2nc3cc4c(cc3s2)OCO4)cc1. The van der Waals surface area contributed by atoms with Gasteiger partial charge in [-0.05, 0) is 37.1 Å². The van der Waals surface area contributed by atoms with Crippen molar-refractivity contribution < 1.29 is 27.4 Å². The Kier molecular flexibility index (Phi) is 5.49. The molecule has 1 aromatic heterocycles. The van der Waals surface area contributed by atoms with Gasteiger partial charge in [-0.3, -0.25) is 10.1 Å². The van der Waals surface area contributed by atoms with Crippen LogP contribution < -0.4 is 14.8 Å². The van der Waals surface area contributed by atoms with Crippen molar-refractivity contribution in [3.05, 3.63) is 42.0 Å². The van der Waals surface area contributed by atoms with Crippen molar-refractivity contribution in [1.29, 1.82) is 0 Å². The number of nitrogens with zero attached hydrogens (tertiary/aromatic N) is 2. The van der Waals surface area contributed by atoms with Gasteiger partial charge in [0.05, 0.1) is 21.2 Å². The largest absolute Gasteiger partial charge is 0.454 e. The van der Waals surface area contributed by atoms with E-state index in [0.29, 0.717) is 40.9 Å². The predicted molar refractivity (Wildman–Crippen MR) is 119 cm³/mol. The third kappa shape index (κ3) is 4.04. The highest BCUT2D eigenvalue weighted by Crippen LogP contribution is 2.39. The second kappa shape index (κ2) is 8.32. The first-order valence-electron chi connectivity index (χ1n) is 10.1. The van der Waals surface area contributed by atoms with E-state index in [4.69, 9.17) is 14.2 Å². The molecule has 1 atom stereocenters. The Labute approximate surface area is 189 Å². The van der Waals surface area contributed by atoms with E-state index in [9.17, 15) is 13.2 Å². The average molecular weight is 476 g/mol. The summed E-state index contributed by atoms with van der Waals surface area (Å²) in [7, 11) is -2.12. The molecule has 1 fully saturated rings. The van der Waals surface area contributed by atoms with E-state index < -0.39 is 10.0 Å². The van der Waals surface area contributed by atoms with Crippen LogP contribution in [-0.4, -0.2) is 56.7 Å². The molecule has 0 saturated carbocycles. The van der Waals surface area contributed by atoms with Crippen molar-refractivity contribution in [1.82, 2.24) is 9.29 Å². The second-order valence-electron chi connectivity index (χ2n) is 7.59. The molecule has 1 N–H and O–H groups in total. The molecule has 0 bridgehead atoms. The Bertz CT molecular complexity index is 1230. The summed E-state index contributed by atoms with van der Waals surface area (Å²) in [6.07, 6.45) is 1.72. The number of likely N-dealkylation sites (N-methyl/N-ethyl adjacent to an activating group) is 1. The third-order valence-electron chi connectivity index (χ3n) is 5.41. The fourth-order valence-corrected chi connectivity index (χ4v) is 5.75. The number of ether oxygens (including phenoxy) is 3. The van der Waals surface area contributed by atoms with E-state index in [-0.39, 0.29) is 23.7 Å². The number of benzene rings is 2. The van der Waals surface area contributed by atoms with Crippen molar-refractivity contribution in [3.8, 4) is 11.5 Å². The highest BCUT2D eigenvalue weighted by atomic mass is 32.2. The van der Waals surface area contributed by atoms with Gasteiger partial charge >= 0.3 is 0 Å². The number of hydrogen-bond acceptors (Lipinski definition) is 8. The van der Waals surface area contributed by atoms with Gasteiger partial charge in [0.25, 0.3) is 5.91 Å². The van der Waals surface area contributed by atoms with Gasteiger partial charge in [0.2, 0.25) is 16.8 Å². The fourth-order valence-electron chi connectivity index (χ4n) is 3.67. The number of thiazole rings is 1. The number of nitrogens with one attached hydrogen (secondary N) is 1. The lowest BCUT2D eigenvalue weighted by atomic mass is 10.2. The molecule has 11 heteroatoms. The summed E-state index contributed by atoms with van der Waals surface area (Å²) in [6, 6.07) is 9.47. The van der Waals surface area contributed by atoms with E-state index in [1.54, 1.807) is 6.07 Å². The number of sulfonamides is 1. The van der Waals surface area contributed by atoms with Crippen LogP contribution in [0.25, 0.3) is 10.2 Å². The molecule has 0 aliphatic carbocycles. The highest BCUT2D eigenvalue weighted by Gasteiger charge is 2.26. The number of carbonyl (C=O) groups is 1. The number of amides is 1. The van der Waals surface area contributed by atoms with Crippen LogP contribution in [0.5, 0.6) is 11.5 Å². The van der Waals surface area contributed by atoms with Gasteiger partial charge in [0.15, 0.2) is 16.6 Å². The van der Waals surface area contributed by atoms with Gasteiger partial charge in [-0.2, -0.15) is 4.31 Å². The van der Waals surface area contributed by atoms with Crippen LogP contribution >= 0.6 is 11.3 Å². The average Bonchev–Trinajstić information content (AvgIpc) is 3.52.